The van der Waals surface area contributed by atoms with Crippen molar-refractivity contribution in [1.29, 1.82) is 0 Å². The van der Waals surface area contributed by atoms with Gasteiger partial charge in [0, 0.05) is 38.2 Å². The maximum atomic E-state index is 13.6. The second kappa shape index (κ2) is 10.3. The Morgan fingerprint density at radius 3 is 2.86 bits per heavy atom. The number of amidine groups is 1. The Morgan fingerprint density at radius 1 is 1.24 bits per heavy atom. The quantitative estimate of drug-likeness (QED) is 0.497. The zero-order chi connectivity index (χ0) is 26.2. The number of amides is 1. The maximum absolute atomic E-state index is 13.6. The molecule has 37 heavy (non-hydrogen) atoms. The lowest BCUT2D eigenvalue weighted by molar-refractivity contribution is -0.138. The molecule has 7 nitrogen and oxygen atoms in total. The number of carbonyl (C=O) groups is 1. The first-order valence-electron chi connectivity index (χ1n) is 11.8. The lowest BCUT2D eigenvalue weighted by atomic mass is 10.0. The van der Waals surface area contributed by atoms with E-state index in [0.29, 0.717) is 34.3 Å². The molecule has 0 spiro atoms. The summed E-state index contributed by atoms with van der Waals surface area (Å²) in [6, 6.07) is 10.0. The number of carbonyl (C=O) groups excluding carboxylic acids is 1. The number of methoxy groups -OCH3 is 1. The molecular formula is C26H26F3N5O2S. The summed E-state index contributed by atoms with van der Waals surface area (Å²) in [5, 5.41) is 9.18. The van der Waals surface area contributed by atoms with Crippen molar-refractivity contribution in [1.82, 2.24) is 20.0 Å². The third-order valence-corrected chi connectivity index (χ3v) is 7.40. The molecular weight excluding hydrogens is 503 g/mol. The van der Waals surface area contributed by atoms with Crippen molar-refractivity contribution in [2.45, 2.75) is 25.7 Å². The zero-order valence-corrected chi connectivity index (χ0v) is 21.2. The van der Waals surface area contributed by atoms with Gasteiger partial charge >= 0.3 is 6.18 Å². The summed E-state index contributed by atoms with van der Waals surface area (Å²) in [5.41, 5.74) is 1.57. The summed E-state index contributed by atoms with van der Waals surface area (Å²) in [7, 11) is 1.66. The van der Waals surface area contributed by atoms with Crippen LogP contribution in [0.15, 0.2) is 52.5 Å². The molecule has 1 saturated heterocycles. The normalized spacial score (nSPS) is 19.8. The summed E-state index contributed by atoms with van der Waals surface area (Å²) in [6.45, 7) is 4.48. The summed E-state index contributed by atoms with van der Waals surface area (Å²) in [6.07, 6.45) is -1.02. The number of piperazine rings is 1. The minimum Gasteiger partial charge on any atom is -0.383 e. The van der Waals surface area contributed by atoms with Crippen molar-refractivity contribution in [3.63, 3.8) is 0 Å². The van der Waals surface area contributed by atoms with Gasteiger partial charge in [0.25, 0.3) is 5.91 Å². The number of benzene rings is 2. The highest BCUT2D eigenvalue weighted by molar-refractivity contribution is 8.18. The van der Waals surface area contributed by atoms with Crippen LogP contribution in [0.2, 0.25) is 0 Å². The van der Waals surface area contributed by atoms with Gasteiger partial charge in [-0.2, -0.15) is 23.3 Å². The van der Waals surface area contributed by atoms with E-state index in [1.165, 1.54) is 17.8 Å². The molecule has 5 rings (SSSR count). The lowest BCUT2D eigenvalue weighted by Crippen LogP contribution is -2.53. The summed E-state index contributed by atoms with van der Waals surface area (Å²) < 4.78 is 47.5. The van der Waals surface area contributed by atoms with Crippen LogP contribution in [-0.4, -0.2) is 65.1 Å². The number of aromatic nitrogens is 2. The number of aliphatic imine (C=N–C) groups is 1. The Hall–Kier alpha value is -3.15. The first-order chi connectivity index (χ1) is 17.7. The summed E-state index contributed by atoms with van der Waals surface area (Å²) in [4.78, 5) is 19.5. The topological polar surface area (TPSA) is 71.8 Å². The van der Waals surface area contributed by atoms with Crippen LogP contribution >= 0.6 is 11.8 Å². The maximum Gasteiger partial charge on any atom is 0.416 e. The van der Waals surface area contributed by atoms with Crippen molar-refractivity contribution in [2.75, 3.05) is 33.4 Å². The average molecular weight is 530 g/mol. The van der Waals surface area contributed by atoms with E-state index in [2.05, 4.69) is 20.3 Å². The fourth-order valence-electron chi connectivity index (χ4n) is 4.57. The second-order valence-corrected chi connectivity index (χ2v) is 10.2. The van der Waals surface area contributed by atoms with E-state index in [-0.39, 0.29) is 24.1 Å². The number of nitrogens with one attached hydrogen (secondary N) is 1. The van der Waals surface area contributed by atoms with Gasteiger partial charge in [-0.1, -0.05) is 23.8 Å². The smallest absolute Gasteiger partial charge is 0.383 e. The zero-order valence-electron chi connectivity index (χ0n) is 20.4. The molecule has 194 valence electrons. The van der Waals surface area contributed by atoms with Crippen LogP contribution in [0.3, 0.4) is 0 Å². The molecule has 3 heterocycles. The molecule has 1 fully saturated rings. The largest absolute Gasteiger partial charge is 0.416 e. The molecule has 1 N–H and O–H groups in total. The van der Waals surface area contributed by atoms with Crippen LogP contribution in [0.1, 0.15) is 22.3 Å². The predicted octanol–water partition coefficient (Wildman–Crippen LogP) is 4.30. The molecule has 1 aromatic heterocycles. The third kappa shape index (κ3) is 5.58. The molecule has 0 bridgehead atoms. The lowest BCUT2D eigenvalue weighted by Gasteiger charge is -2.34. The molecule has 2 aromatic carbocycles. The second-order valence-electron chi connectivity index (χ2n) is 9.14. The predicted molar refractivity (Wildman–Crippen MR) is 138 cm³/mol. The summed E-state index contributed by atoms with van der Waals surface area (Å²) in [5.74, 6) is -0.281. The van der Waals surface area contributed by atoms with E-state index < -0.39 is 11.7 Å². The minimum absolute atomic E-state index is 0.000641. The number of halogens is 3. The minimum atomic E-state index is -4.44. The number of hydrogen-bond donors (Lipinski definition) is 1. The average Bonchev–Trinajstić information content (AvgIpc) is 3.43. The molecule has 1 atom stereocenters. The van der Waals surface area contributed by atoms with Gasteiger partial charge in [-0.25, -0.2) is 0 Å². The number of rotatable bonds is 5. The van der Waals surface area contributed by atoms with Gasteiger partial charge in [0.15, 0.2) is 5.17 Å². The van der Waals surface area contributed by atoms with Gasteiger partial charge in [-0.3, -0.25) is 9.48 Å². The molecule has 0 saturated carbocycles. The van der Waals surface area contributed by atoms with Crippen molar-refractivity contribution in [2.24, 2.45) is 4.99 Å². The standard InChI is InChI=1S/C26H26F3N5O2S/c1-16-3-5-18(21(9-16)26(27,28)29)13-34-22-6-4-17(10-19(22)12-31-34)11-23-24(35)32-25(37-23)33-8-7-30-20(14-33)15-36-2/h3-6,9-12,20,30H,7-8,13-15H2,1-2H3/b23-11-/t20-/m0/s1. The fourth-order valence-corrected chi connectivity index (χ4v) is 5.52. The molecule has 1 amide bonds. The number of fused-ring (bicyclic) bond motifs is 1. The highest BCUT2D eigenvalue weighted by Crippen LogP contribution is 2.34. The number of ether oxygens (including phenoxy) is 1. The van der Waals surface area contributed by atoms with Crippen LogP contribution in [0, 0.1) is 6.92 Å². The Morgan fingerprint density at radius 2 is 2.08 bits per heavy atom. The number of aryl methyl sites for hydroxylation is 1. The van der Waals surface area contributed by atoms with Gasteiger partial charge < -0.3 is 15.0 Å². The molecule has 0 aliphatic carbocycles. The fraction of sp³-hybridized carbons (Fsp3) is 0.346. The Bertz CT molecular complexity index is 1400. The molecule has 2 aliphatic rings. The Labute approximate surface area is 216 Å². The van der Waals surface area contributed by atoms with Gasteiger partial charge in [0.2, 0.25) is 0 Å². The molecule has 11 heteroatoms. The Kier molecular flexibility index (Phi) is 7.11. The third-order valence-electron chi connectivity index (χ3n) is 6.36. The van der Waals surface area contributed by atoms with Crippen LogP contribution in [0.25, 0.3) is 17.0 Å². The van der Waals surface area contributed by atoms with Crippen LogP contribution in [-0.2, 0) is 22.3 Å². The van der Waals surface area contributed by atoms with Crippen molar-refractivity contribution < 1.29 is 22.7 Å². The summed E-state index contributed by atoms with van der Waals surface area (Å²) >= 11 is 1.35. The van der Waals surface area contributed by atoms with E-state index in [0.717, 1.165) is 30.1 Å². The van der Waals surface area contributed by atoms with Crippen LogP contribution < -0.4 is 5.32 Å². The van der Waals surface area contributed by atoms with E-state index >= 15 is 0 Å². The van der Waals surface area contributed by atoms with Gasteiger partial charge in [-0.05, 0) is 54.1 Å². The number of nitrogens with zero attached hydrogens (tertiary/aromatic N) is 4. The number of thioether (sulfide) groups is 1. The molecule has 0 radical (unpaired) electrons. The highest BCUT2D eigenvalue weighted by atomic mass is 32.2. The van der Waals surface area contributed by atoms with E-state index in [1.807, 2.05) is 18.2 Å². The van der Waals surface area contributed by atoms with E-state index in [4.69, 9.17) is 4.74 Å². The molecule has 2 aliphatic heterocycles. The number of hydrogen-bond acceptors (Lipinski definition) is 6. The SMILES string of the molecule is COC[C@@H]1CN(C2=NC(=O)/C(=C/c3ccc4c(cnn4Cc4ccc(C)cc4C(F)(F)F)c3)S2)CCN1. The Balaban J connectivity index is 1.33. The first-order valence-corrected chi connectivity index (χ1v) is 12.6. The van der Waals surface area contributed by atoms with Crippen molar-refractivity contribution in [3.8, 4) is 0 Å². The van der Waals surface area contributed by atoms with Gasteiger partial charge in [0.05, 0.1) is 35.3 Å². The molecule has 3 aromatic rings. The van der Waals surface area contributed by atoms with Crippen molar-refractivity contribution in [3.05, 3.63) is 69.8 Å². The van der Waals surface area contributed by atoms with Crippen LogP contribution in [0.4, 0.5) is 13.2 Å². The first kappa shape index (κ1) is 25.5. The number of alkyl halides is 3. The van der Waals surface area contributed by atoms with Crippen LogP contribution in [0.5, 0.6) is 0 Å². The van der Waals surface area contributed by atoms with Gasteiger partial charge in [-0.15, -0.1) is 0 Å². The molecule has 0 unspecified atom stereocenters. The van der Waals surface area contributed by atoms with E-state index in [1.54, 1.807) is 37.1 Å². The highest BCUT2D eigenvalue weighted by Gasteiger charge is 2.33. The van der Waals surface area contributed by atoms with Crippen molar-refractivity contribution >= 4 is 39.8 Å². The van der Waals surface area contributed by atoms with Gasteiger partial charge in [0.1, 0.15) is 0 Å². The monoisotopic (exact) mass is 529 g/mol. The van der Waals surface area contributed by atoms with E-state index in [9.17, 15) is 18.0 Å².